The Morgan fingerprint density at radius 1 is 1.22 bits per heavy atom. The third-order valence-corrected chi connectivity index (χ3v) is 6.92. The van der Waals surface area contributed by atoms with E-state index >= 15 is 0 Å². The van der Waals surface area contributed by atoms with E-state index in [-0.39, 0.29) is 11.7 Å². The average molecular weight is 474 g/mol. The number of imidazole rings is 1. The maximum atomic E-state index is 12.6. The lowest BCUT2D eigenvalue weighted by Crippen LogP contribution is -2.34. The van der Waals surface area contributed by atoms with Crippen LogP contribution in [0.1, 0.15) is 25.7 Å². The van der Waals surface area contributed by atoms with Gasteiger partial charge in [0.2, 0.25) is 5.91 Å². The first kappa shape index (κ1) is 21.4. The second-order valence-corrected chi connectivity index (χ2v) is 9.37. The van der Waals surface area contributed by atoms with Crippen LogP contribution in [-0.2, 0) is 16.1 Å². The summed E-state index contributed by atoms with van der Waals surface area (Å²) in [5.74, 6) is 1.03. The van der Waals surface area contributed by atoms with Crippen molar-refractivity contribution in [3.63, 3.8) is 0 Å². The molecule has 1 aliphatic heterocycles. The highest BCUT2D eigenvalue weighted by atomic mass is 35.5. The molecule has 9 heteroatoms. The summed E-state index contributed by atoms with van der Waals surface area (Å²) >= 11 is 7.50. The molecule has 5 rings (SSSR count). The van der Waals surface area contributed by atoms with Gasteiger partial charge in [-0.3, -0.25) is 4.79 Å². The zero-order valence-corrected chi connectivity index (χ0v) is 19.3. The largest absolute Gasteiger partial charge is 0.448 e. The molecule has 0 bridgehead atoms. The molecule has 1 fully saturated rings. The van der Waals surface area contributed by atoms with Crippen LogP contribution in [0.4, 0.5) is 5.69 Å². The van der Waals surface area contributed by atoms with Gasteiger partial charge in [-0.05, 0) is 43.2 Å². The van der Waals surface area contributed by atoms with Gasteiger partial charge >= 0.3 is 0 Å². The fourth-order valence-corrected chi connectivity index (χ4v) is 5.21. The molecule has 7 nitrogen and oxygen atoms in total. The van der Waals surface area contributed by atoms with Crippen molar-refractivity contribution in [3.05, 3.63) is 41.4 Å². The summed E-state index contributed by atoms with van der Waals surface area (Å²) in [4.78, 5) is 17.3. The van der Waals surface area contributed by atoms with E-state index in [0.29, 0.717) is 29.6 Å². The molecule has 0 unspecified atom stereocenters. The van der Waals surface area contributed by atoms with Gasteiger partial charge < -0.3 is 24.1 Å². The molecule has 2 aromatic carbocycles. The molecule has 32 heavy (non-hydrogen) atoms. The number of anilines is 1. The molecule has 1 amide bonds. The molecule has 1 N–H and O–H groups in total. The molecular weight excluding hydrogens is 450 g/mol. The Morgan fingerprint density at radius 2 is 2.03 bits per heavy atom. The van der Waals surface area contributed by atoms with Crippen LogP contribution in [0, 0.1) is 0 Å². The highest BCUT2D eigenvalue weighted by Gasteiger charge is 2.44. The van der Waals surface area contributed by atoms with Gasteiger partial charge in [0, 0.05) is 43.3 Å². The van der Waals surface area contributed by atoms with Crippen LogP contribution in [0.15, 0.2) is 41.6 Å². The predicted octanol–water partition coefficient (Wildman–Crippen LogP) is 5.11. The van der Waals surface area contributed by atoms with Crippen molar-refractivity contribution in [1.29, 1.82) is 0 Å². The third-order valence-electron chi connectivity index (χ3n) is 5.71. The predicted molar refractivity (Wildman–Crippen MR) is 125 cm³/mol. The Bertz CT molecular complexity index is 1160. The third kappa shape index (κ3) is 4.27. The van der Waals surface area contributed by atoms with Crippen molar-refractivity contribution in [2.45, 2.75) is 43.2 Å². The van der Waals surface area contributed by atoms with Crippen molar-refractivity contribution >= 4 is 46.0 Å². The number of amides is 1. The summed E-state index contributed by atoms with van der Waals surface area (Å²) in [6, 6.07) is 11.1. The van der Waals surface area contributed by atoms with Crippen molar-refractivity contribution < 1.29 is 19.0 Å². The van der Waals surface area contributed by atoms with E-state index in [0.717, 1.165) is 47.6 Å². The van der Waals surface area contributed by atoms with Crippen LogP contribution in [-0.4, -0.2) is 40.7 Å². The average Bonchev–Trinajstić information content (AvgIpc) is 3.47. The standard InChI is InChI=1S/C23H24ClN3O4S/c1-29-11-10-27-18-6-4-15(24)12-17(18)26-22(27)32-14-21(28)25-16-5-7-19-20(13-16)31-23(30-19)8-2-3-9-23/h4-7,12-13H,2-3,8-11,14H2,1H3,(H,25,28). The van der Waals surface area contributed by atoms with Gasteiger partial charge in [0.05, 0.1) is 23.4 Å². The molecule has 2 heterocycles. The molecule has 168 valence electrons. The molecular formula is C23H24ClN3O4S. The van der Waals surface area contributed by atoms with Crippen LogP contribution < -0.4 is 14.8 Å². The number of carbonyl (C=O) groups is 1. The number of carbonyl (C=O) groups excluding carboxylic acids is 1. The fraction of sp³-hybridized carbons (Fsp3) is 0.391. The normalized spacial score (nSPS) is 16.2. The van der Waals surface area contributed by atoms with Crippen molar-refractivity contribution in [2.75, 3.05) is 24.8 Å². The van der Waals surface area contributed by atoms with Gasteiger partial charge in [-0.2, -0.15) is 0 Å². The van der Waals surface area contributed by atoms with Crippen LogP contribution in [0.5, 0.6) is 11.5 Å². The quantitative estimate of drug-likeness (QED) is 0.481. The van der Waals surface area contributed by atoms with E-state index in [1.807, 2.05) is 36.4 Å². The lowest BCUT2D eigenvalue weighted by Gasteiger charge is -2.21. The fourth-order valence-electron chi connectivity index (χ4n) is 4.21. The number of nitrogens with one attached hydrogen (secondary N) is 1. The number of aromatic nitrogens is 2. The van der Waals surface area contributed by atoms with Gasteiger partial charge in [0.25, 0.3) is 5.79 Å². The number of hydrogen-bond acceptors (Lipinski definition) is 6. The number of methoxy groups -OCH3 is 1. The lowest BCUT2D eigenvalue weighted by molar-refractivity contribution is -0.113. The lowest BCUT2D eigenvalue weighted by atomic mass is 10.2. The molecule has 1 spiro atoms. The molecule has 1 aliphatic carbocycles. The number of benzene rings is 2. The second kappa shape index (κ2) is 8.84. The van der Waals surface area contributed by atoms with Crippen molar-refractivity contribution in [1.82, 2.24) is 9.55 Å². The second-order valence-electron chi connectivity index (χ2n) is 7.99. The summed E-state index contributed by atoms with van der Waals surface area (Å²) in [6.45, 7) is 1.19. The number of thioether (sulfide) groups is 1. The molecule has 1 saturated carbocycles. The Kier molecular flexibility index (Phi) is 5.92. The maximum Gasteiger partial charge on any atom is 0.251 e. The van der Waals surface area contributed by atoms with E-state index in [2.05, 4.69) is 14.9 Å². The Balaban J connectivity index is 1.25. The molecule has 3 aromatic rings. The Morgan fingerprint density at radius 3 is 2.84 bits per heavy atom. The number of rotatable bonds is 7. The first-order valence-electron chi connectivity index (χ1n) is 10.6. The topological polar surface area (TPSA) is 74.6 Å². The maximum absolute atomic E-state index is 12.6. The minimum Gasteiger partial charge on any atom is -0.448 e. The van der Waals surface area contributed by atoms with Gasteiger partial charge in [-0.25, -0.2) is 4.98 Å². The van der Waals surface area contributed by atoms with E-state index in [1.54, 1.807) is 7.11 Å². The molecule has 0 saturated heterocycles. The van der Waals surface area contributed by atoms with E-state index < -0.39 is 5.79 Å². The van der Waals surface area contributed by atoms with Gasteiger partial charge in [-0.1, -0.05) is 23.4 Å². The van der Waals surface area contributed by atoms with Gasteiger partial charge in [0.15, 0.2) is 16.7 Å². The van der Waals surface area contributed by atoms with Crippen LogP contribution in [0.25, 0.3) is 11.0 Å². The summed E-state index contributed by atoms with van der Waals surface area (Å²) in [7, 11) is 1.66. The highest BCUT2D eigenvalue weighted by Crippen LogP contribution is 2.47. The summed E-state index contributed by atoms with van der Waals surface area (Å²) in [6.07, 6.45) is 4.01. The van der Waals surface area contributed by atoms with Crippen LogP contribution in [0.2, 0.25) is 5.02 Å². The number of fused-ring (bicyclic) bond motifs is 2. The first-order valence-corrected chi connectivity index (χ1v) is 12.0. The molecule has 0 radical (unpaired) electrons. The number of nitrogens with zero attached hydrogens (tertiary/aromatic N) is 2. The summed E-state index contributed by atoms with van der Waals surface area (Å²) in [5, 5.41) is 4.33. The zero-order chi connectivity index (χ0) is 22.1. The zero-order valence-electron chi connectivity index (χ0n) is 17.7. The highest BCUT2D eigenvalue weighted by molar-refractivity contribution is 7.99. The minimum atomic E-state index is -0.509. The summed E-state index contributed by atoms with van der Waals surface area (Å²) in [5.41, 5.74) is 2.45. The molecule has 0 atom stereocenters. The number of hydrogen-bond donors (Lipinski definition) is 1. The van der Waals surface area contributed by atoms with Gasteiger partial charge in [0.1, 0.15) is 0 Å². The Labute approximate surface area is 195 Å². The molecule has 1 aromatic heterocycles. The van der Waals surface area contributed by atoms with Crippen molar-refractivity contribution in [2.24, 2.45) is 0 Å². The SMILES string of the molecule is COCCn1c(SCC(=O)Nc2ccc3c(c2)OC2(CCCC2)O3)nc2cc(Cl)ccc21. The first-order chi connectivity index (χ1) is 15.5. The minimum absolute atomic E-state index is 0.118. The monoisotopic (exact) mass is 473 g/mol. The van der Waals surface area contributed by atoms with E-state index in [1.165, 1.54) is 11.8 Å². The number of halogens is 1. The van der Waals surface area contributed by atoms with Crippen LogP contribution in [0.3, 0.4) is 0 Å². The summed E-state index contributed by atoms with van der Waals surface area (Å²) < 4.78 is 19.4. The Hall–Kier alpha value is -2.42. The van der Waals surface area contributed by atoms with Gasteiger partial charge in [-0.15, -0.1) is 0 Å². The van der Waals surface area contributed by atoms with E-state index in [9.17, 15) is 4.79 Å². The number of ether oxygens (including phenoxy) is 3. The molecule has 2 aliphatic rings. The van der Waals surface area contributed by atoms with Crippen molar-refractivity contribution in [3.8, 4) is 11.5 Å². The smallest absolute Gasteiger partial charge is 0.251 e. The van der Waals surface area contributed by atoms with E-state index in [4.69, 9.17) is 25.8 Å². The van der Waals surface area contributed by atoms with Crippen LogP contribution >= 0.6 is 23.4 Å².